The van der Waals surface area contributed by atoms with Crippen LogP contribution in [0.15, 0.2) is 18.2 Å². The molecule has 2 N–H and O–H groups in total. The van der Waals surface area contributed by atoms with Gasteiger partial charge in [-0.25, -0.2) is 9.18 Å². The van der Waals surface area contributed by atoms with Gasteiger partial charge in [-0.3, -0.25) is 0 Å². The van der Waals surface area contributed by atoms with E-state index in [4.69, 9.17) is 5.11 Å². The van der Waals surface area contributed by atoms with Gasteiger partial charge in [0.05, 0.1) is 5.69 Å². The van der Waals surface area contributed by atoms with Gasteiger partial charge in [-0.15, -0.1) is 0 Å². The molecule has 0 amide bonds. The van der Waals surface area contributed by atoms with Crippen molar-refractivity contribution in [2.45, 2.75) is 38.6 Å². The lowest BCUT2D eigenvalue weighted by Crippen LogP contribution is -2.30. The lowest BCUT2D eigenvalue weighted by molar-refractivity contribution is 0.0693. The van der Waals surface area contributed by atoms with Gasteiger partial charge in [-0.05, 0) is 56.1 Å². The molecule has 4 unspecified atom stereocenters. The predicted molar refractivity (Wildman–Crippen MR) is 75.4 cm³/mol. The molecule has 20 heavy (non-hydrogen) atoms. The maximum absolute atomic E-state index is 13.7. The number of nitrogens with one attached hydrogen (secondary N) is 1. The monoisotopic (exact) mass is 277 g/mol. The summed E-state index contributed by atoms with van der Waals surface area (Å²) in [4.78, 5) is 11.2. The first-order valence-electron chi connectivity index (χ1n) is 7.34. The molecule has 0 heterocycles. The summed E-state index contributed by atoms with van der Waals surface area (Å²) in [6.45, 7) is 2.09. The standard InChI is InChI=1S/C16H20FNO2/c1-9(12-8-10-5-6-11(12)7-10)18-14-4-2-3-13(17)15(14)16(19)20/h2-4,9-12,18H,5-8H2,1H3,(H,19,20). The van der Waals surface area contributed by atoms with E-state index in [-0.39, 0.29) is 11.6 Å². The summed E-state index contributed by atoms with van der Waals surface area (Å²) < 4.78 is 13.7. The molecule has 2 fully saturated rings. The number of carboxylic acid groups (broad SMARTS) is 1. The summed E-state index contributed by atoms with van der Waals surface area (Å²) in [5, 5.41) is 12.4. The SMILES string of the molecule is CC(Nc1cccc(F)c1C(=O)O)C1CC2CCC1C2. The molecule has 108 valence electrons. The number of benzene rings is 1. The molecule has 3 rings (SSSR count). The number of hydrogen-bond acceptors (Lipinski definition) is 2. The molecule has 0 saturated heterocycles. The van der Waals surface area contributed by atoms with Gasteiger partial charge in [0.15, 0.2) is 0 Å². The van der Waals surface area contributed by atoms with Crippen LogP contribution < -0.4 is 5.32 Å². The van der Waals surface area contributed by atoms with Gasteiger partial charge < -0.3 is 10.4 Å². The Morgan fingerprint density at radius 2 is 2.20 bits per heavy atom. The Morgan fingerprint density at radius 3 is 2.80 bits per heavy atom. The quantitative estimate of drug-likeness (QED) is 0.881. The fraction of sp³-hybridized carbons (Fsp3) is 0.562. The Labute approximate surface area is 118 Å². The smallest absolute Gasteiger partial charge is 0.340 e. The highest BCUT2D eigenvalue weighted by molar-refractivity contribution is 5.94. The molecular weight excluding hydrogens is 257 g/mol. The number of rotatable bonds is 4. The van der Waals surface area contributed by atoms with Gasteiger partial charge in [0.2, 0.25) is 0 Å². The average molecular weight is 277 g/mol. The fourth-order valence-corrected chi connectivity index (χ4v) is 4.12. The summed E-state index contributed by atoms with van der Waals surface area (Å²) in [5.74, 6) is 0.289. The van der Waals surface area contributed by atoms with Gasteiger partial charge in [-0.1, -0.05) is 12.5 Å². The molecule has 2 bridgehead atoms. The van der Waals surface area contributed by atoms with Crippen molar-refractivity contribution in [3.63, 3.8) is 0 Å². The van der Waals surface area contributed by atoms with E-state index in [2.05, 4.69) is 12.2 Å². The van der Waals surface area contributed by atoms with Crippen molar-refractivity contribution in [3.8, 4) is 0 Å². The topological polar surface area (TPSA) is 49.3 Å². The van der Waals surface area contributed by atoms with Crippen LogP contribution in [-0.2, 0) is 0 Å². The van der Waals surface area contributed by atoms with E-state index >= 15 is 0 Å². The number of fused-ring (bicyclic) bond motifs is 2. The third-order valence-electron chi connectivity index (χ3n) is 5.05. The molecule has 2 saturated carbocycles. The van der Waals surface area contributed by atoms with Crippen LogP contribution in [0.3, 0.4) is 0 Å². The van der Waals surface area contributed by atoms with E-state index < -0.39 is 11.8 Å². The minimum Gasteiger partial charge on any atom is -0.478 e. The average Bonchev–Trinajstić information content (AvgIpc) is 3.00. The highest BCUT2D eigenvalue weighted by atomic mass is 19.1. The molecule has 4 atom stereocenters. The van der Waals surface area contributed by atoms with E-state index in [0.29, 0.717) is 11.6 Å². The number of hydrogen-bond donors (Lipinski definition) is 2. The first-order chi connectivity index (χ1) is 9.56. The van der Waals surface area contributed by atoms with Crippen LogP contribution >= 0.6 is 0 Å². The Kier molecular flexibility index (Phi) is 3.40. The van der Waals surface area contributed by atoms with Crippen LogP contribution in [0.2, 0.25) is 0 Å². The Bertz CT molecular complexity index is 531. The second-order valence-corrected chi connectivity index (χ2v) is 6.24. The van der Waals surface area contributed by atoms with Gasteiger partial charge in [-0.2, -0.15) is 0 Å². The van der Waals surface area contributed by atoms with Crippen LogP contribution in [0.4, 0.5) is 10.1 Å². The number of carbonyl (C=O) groups is 1. The summed E-state index contributed by atoms with van der Waals surface area (Å²) in [6, 6.07) is 4.58. The number of halogens is 1. The molecule has 0 spiro atoms. The fourth-order valence-electron chi connectivity index (χ4n) is 4.12. The zero-order chi connectivity index (χ0) is 14.3. The number of aromatic carboxylic acids is 1. The van der Waals surface area contributed by atoms with Crippen LogP contribution in [0.1, 0.15) is 43.0 Å². The zero-order valence-corrected chi connectivity index (χ0v) is 11.6. The van der Waals surface area contributed by atoms with E-state index in [0.717, 1.165) is 11.8 Å². The summed E-state index contributed by atoms with van der Waals surface area (Å²) in [5.41, 5.74) is 0.148. The van der Waals surface area contributed by atoms with Gasteiger partial charge >= 0.3 is 5.97 Å². The maximum atomic E-state index is 13.7. The highest BCUT2D eigenvalue weighted by Crippen LogP contribution is 2.49. The molecule has 1 aromatic carbocycles. The largest absolute Gasteiger partial charge is 0.478 e. The van der Waals surface area contributed by atoms with Crippen molar-refractivity contribution in [3.05, 3.63) is 29.6 Å². The second kappa shape index (κ2) is 5.08. The van der Waals surface area contributed by atoms with E-state index in [1.807, 2.05) is 0 Å². The summed E-state index contributed by atoms with van der Waals surface area (Å²) in [6.07, 6.45) is 5.16. The minimum absolute atomic E-state index is 0.185. The van der Waals surface area contributed by atoms with Crippen molar-refractivity contribution < 1.29 is 14.3 Å². The molecule has 4 heteroatoms. The van der Waals surface area contributed by atoms with Crippen LogP contribution in [0.5, 0.6) is 0 Å². The molecule has 0 aliphatic heterocycles. The summed E-state index contributed by atoms with van der Waals surface area (Å²) >= 11 is 0. The maximum Gasteiger partial charge on any atom is 0.340 e. The van der Waals surface area contributed by atoms with E-state index in [1.165, 1.54) is 31.7 Å². The van der Waals surface area contributed by atoms with E-state index in [1.54, 1.807) is 12.1 Å². The zero-order valence-electron chi connectivity index (χ0n) is 11.6. The van der Waals surface area contributed by atoms with Crippen molar-refractivity contribution in [2.75, 3.05) is 5.32 Å². The van der Waals surface area contributed by atoms with Crippen molar-refractivity contribution in [1.82, 2.24) is 0 Å². The lowest BCUT2D eigenvalue weighted by atomic mass is 9.84. The molecule has 0 radical (unpaired) electrons. The number of carboxylic acids is 1. The van der Waals surface area contributed by atoms with Crippen LogP contribution in [0.25, 0.3) is 0 Å². The molecule has 1 aromatic rings. The molecule has 2 aliphatic carbocycles. The van der Waals surface area contributed by atoms with Crippen LogP contribution in [-0.4, -0.2) is 17.1 Å². The Morgan fingerprint density at radius 1 is 1.40 bits per heavy atom. The first kappa shape index (κ1) is 13.4. The third kappa shape index (κ3) is 2.28. The van der Waals surface area contributed by atoms with Gasteiger partial charge in [0.25, 0.3) is 0 Å². The van der Waals surface area contributed by atoms with Gasteiger partial charge in [0.1, 0.15) is 11.4 Å². The molecule has 3 nitrogen and oxygen atoms in total. The highest BCUT2D eigenvalue weighted by Gasteiger charge is 2.41. The second-order valence-electron chi connectivity index (χ2n) is 6.24. The molecule has 0 aromatic heterocycles. The number of anilines is 1. The van der Waals surface area contributed by atoms with E-state index in [9.17, 15) is 9.18 Å². The van der Waals surface area contributed by atoms with Gasteiger partial charge in [0, 0.05) is 6.04 Å². The van der Waals surface area contributed by atoms with Crippen molar-refractivity contribution in [1.29, 1.82) is 0 Å². The molecule has 2 aliphatic rings. The van der Waals surface area contributed by atoms with Crippen molar-refractivity contribution in [2.24, 2.45) is 17.8 Å². The third-order valence-corrected chi connectivity index (χ3v) is 5.05. The molecular formula is C16H20FNO2. The Balaban J connectivity index is 1.78. The van der Waals surface area contributed by atoms with Crippen molar-refractivity contribution >= 4 is 11.7 Å². The lowest BCUT2D eigenvalue weighted by Gasteiger charge is -2.29. The first-order valence-corrected chi connectivity index (χ1v) is 7.34. The predicted octanol–water partition coefficient (Wildman–Crippen LogP) is 3.76. The Hall–Kier alpha value is -1.58. The normalized spacial score (nSPS) is 29.4. The minimum atomic E-state index is -1.22. The summed E-state index contributed by atoms with van der Waals surface area (Å²) in [7, 11) is 0. The van der Waals surface area contributed by atoms with Crippen LogP contribution in [0, 0.1) is 23.6 Å².